The summed E-state index contributed by atoms with van der Waals surface area (Å²) in [7, 11) is 1.96. The summed E-state index contributed by atoms with van der Waals surface area (Å²) in [4.78, 5) is 29.2. The fraction of sp³-hybridized carbons (Fsp3) is 0.0833. The second kappa shape index (κ2) is 8.32. The summed E-state index contributed by atoms with van der Waals surface area (Å²) in [5.74, 6) is 0.875. The molecule has 7 nitrogen and oxygen atoms in total. The van der Waals surface area contributed by atoms with Crippen molar-refractivity contribution in [2.24, 2.45) is 0 Å². The lowest BCUT2D eigenvalue weighted by Gasteiger charge is -2.17. The molecule has 0 fully saturated rings. The Kier molecular flexibility index (Phi) is 5.20. The van der Waals surface area contributed by atoms with Gasteiger partial charge in [0.2, 0.25) is 17.8 Å². The molecule has 0 aliphatic rings. The molecule has 5 aromatic rings. The molecule has 8 heteroatoms. The third-order valence-corrected chi connectivity index (χ3v) is 5.97. The second-order valence-corrected chi connectivity index (χ2v) is 8.48. The Morgan fingerprint density at radius 2 is 1.88 bits per heavy atom. The maximum atomic E-state index is 11.3. The molecule has 3 aromatic carbocycles. The molecule has 5 rings (SSSR count). The van der Waals surface area contributed by atoms with E-state index in [4.69, 9.17) is 4.98 Å². The highest BCUT2D eigenvalue weighted by atomic mass is 32.2. The van der Waals surface area contributed by atoms with E-state index in [1.54, 1.807) is 18.1 Å². The predicted octanol–water partition coefficient (Wildman–Crippen LogP) is 5.28. The van der Waals surface area contributed by atoms with Gasteiger partial charge in [-0.3, -0.25) is 14.4 Å². The zero-order chi connectivity index (χ0) is 22.1. The number of hydrogen-bond donors (Lipinski definition) is 2. The molecule has 0 bridgehead atoms. The number of nitrogens with zero attached hydrogens (tertiary/aromatic N) is 4. The number of carbonyl (C=O) groups excluding carboxylic acids is 1. The first-order valence-electron chi connectivity index (χ1n) is 10.1. The first kappa shape index (κ1) is 20.0. The number of imidazole rings is 1. The number of H-pyrrole nitrogens is 1. The molecule has 0 atom stereocenters. The van der Waals surface area contributed by atoms with Crippen molar-refractivity contribution in [2.45, 2.75) is 11.8 Å². The van der Waals surface area contributed by atoms with Gasteiger partial charge in [-0.1, -0.05) is 42.5 Å². The van der Waals surface area contributed by atoms with Crippen LogP contribution < -0.4 is 9.62 Å². The third kappa shape index (κ3) is 4.00. The lowest BCUT2D eigenvalue weighted by Crippen LogP contribution is -2.10. The predicted molar refractivity (Wildman–Crippen MR) is 130 cm³/mol. The number of nitrogens with one attached hydrogen (secondary N) is 2. The number of aromatic amines is 1. The Balaban J connectivity index is 1.43. The summed E-state index contributed by atoms with van der Waals surface area (Å²) < 4.78 is 1.97. The zero-order valence-corrected chi connectivity index (χ0v) is 18.4. The van der Waals surface area contributed by atoms with E-state index in [2.05, 4.69) is 50.6 Å². The molecule has 0 aliphatic heterocycles. The highest BCUT2D eigenvalue weighted by Gasteiger charge is 2.12. The molecular formula is C24H20N6OS. The normalized spacial score (nSPS) is 11.1. The van der Waals surface area contributed by atoms with Gasteiger partial charge in [0.05, 0.1) is 16.7 Å². The first-order valence-corrected chi connectivity index (χ1v) is 10.8. The van der Waals surface area contributed by atoms with E-state index in [-0.39, 0.29) is 5.91 Å². The van der Waals surface area contributed by atoms with Gasteiger partial charge in [-0.05, 0) is 47.0 Å². The fourth-order valence-electron chi connectivity index (χ4n) is 3.52. The number of fused-ring (bicyclic) bond motifs is 2. The number of carbonyl (C=O) groups is 1. The molecule has 158 valence electrons. The van der Waals surface area contributed by atoms with Crippen molar-refractivity contribution >= 4 is 51.6 Å². The Morgan fingerprint density at radius 3 is 2.75 bits per heavy atom. The first-order chi connectivity index (χ1) is 15.6. The van der Waals surface area contributed by atoms with Gasteiger partial charge in [-0.25, -0.2) is 15.0 Å². The van der Waals surface area contributed by atoms with Crippen LogP contribution in [0.15, 0.2) is 77.8 Å². The summed E-state index contributed by atoms with van der Waals surface area (Å²) in [5.41, 5.74) is 3.33. The third-order valence-electron chi connectivity index (χ3n) is 4.98. The maximum Gasteiger partial charge on any atom is 0.236 e. The summed E-state index contributed by atoms with van der Waals surface area (Å²) in [6, 6.07) is 22.3. The molecular weight excluding hydrogens is 420 g/mol. The minimum absolute atomic E-state index is 0.170. The molecule has 0 spiro atoms. The van der Waals surface area contributed by atoms with Crippen LogP contribution in [0.25, 0.3) is 33.1 Å². The molecule has 0 saturated heterocycles. The molecule has 2 heterocycles. The minimum Gasteiger partial charge on any atom is -0.324 e. The van der Waals surface area contributed by atoms with Crippen molar-refractivity contribution < 1.29 is 4.79 Å². The van der Waals surface area contributed by atoms with Crippen molar-refractivity contribution in [3.05, 3.63) is 72.9 Å². The van der Waals surface area contributed by atoms with Crippen molar-refractivity contribution in [1.29, 1.82) is 0 Å². The van der Waals surface area contributed by atoms with Crippen LogP contribution in [0.2, 0.25) is 0 Å². The summed E-state index contributed by atoms with van der Waals surface area (Å²) >= 11 is 1.59. The van der Waals surface area contributed by atoms with Crippen molar-refractivity contribution in [3.63, 3.8) is 0 Å². The molecule has 0 unspecified atom stereocenters. The number of hydrogen-bond acceptors (Lipinski definition) is 6. The molecule has 1 amide bonds. The number of aromatic nitrogens is 4. The van der Waals surface area contributed by atoms with Gasteiger partial charge < -0.3 is 4.98 Å². The Labute approximate surface area is 189 Å². The maximum absolute atomic E-state index is 11.3. The van der Waals surface area contributed by atoms with Crippen LogP contribution in [-0.4, -0.2) is 32.9 Å². The van der Waals surface area contributed by atoms with Gasteiger partial charge in [0.1, 0.15) is 0 Å². The van der Waals surface area contributed by atoms with Gasteiger partial charge in [0.15, 0.2) is 0 Å². The average Bonchev–Trinajstić information content (AvgIpc) is 3.20. The largest absolute Gasteiger partial charge is 0.324 e. The van der Waals surface area contributed by atoms with Crippen molar-refractivity contribution in [2.75, 3.05) is 16.7 Å². The highest BCUT2D eigenvalue weighted by molar-refractivity contribution is 8.00. The van der Waals surface area contributed by atoms with Gasteiger partial charge >= 0.3 is 0 Å². The number of rotatable bonds is 5. The van der Waals surface area contributed by atoms with Crippen LogP contribution in [0.3, 0.4) is 0 Å². The van der Waals surface area contributed by atoms with Crippen LogP contribution >= 0.6 is 11.9 Å². The lowest BCUT2D eigenvalue weighted by molar-refractivity contribution is -0.114. The van der Waals surface area contributed by atoms with E-state index in [1.807, 2.05) is 47.8 Å². The quantitative estimate of drug-likeness (QED) is 0.362. The topological polar surface area (TPSA) is 86.8 Å². The molecule has 0 saturated carbocycles. The molecule has 2 N–H and O–H groups in total. The lowest BCUT2D eigenvalue weighted by atomic mass is 10.1. The van der Waals surface area contributed by atoms with Gasteiger partial charge in [-0.15, -0.1) is 0 Å². The number of benzene rings is 3. The molecule has 2 aromatic heterocycles. The smallest absolute Gasteiger partial charge is 0.236 e. The summed E-state index contributed by atoms with van der Waals surface area (Å²) in [6.07, 6.45) is 1.76. The van der Waals surface area contributed by atoms with Crippen LogP contribution in [-0.2, 0) is 4.79 Å². The minimum atomic E-state index is -0.170. The van der Waals surface area contributed by atoms with E-state index < -0.39 is 0 Å². The van der Waals surface area contributed by atoms with Crippen molar-refractivity contribution in [1.82, 2.24) is 19.9 Å². The molecule has 0 radical (unpaired) electrons. The van der Waals surface area contributed by atoms with Crippen molar-refractivity contribution in [3.8, 4) is 11.3 Å². The SMILES string of the molecule is CC(=O)Nc1nc2ccc(-c3ccnc(N(C)Sc4cccc5ccccc45)n3)cc2[nH]1. The molecule has 0 aliphatic carbocycles. The Hall–Kier alpha value is -3.91. The summed E-state index contributed by atoms with van der Waals surface area (Å²) in [6.45, 7) is 1.45. The van der Waals surface area contributed by atoms with E-state index in [0.717, 1.165) is 27.2 Å². The zero-order valence-electron chi connectivity index (χ0n) is 17.5. The standard InChI is InChI=1S/C24H20N6OS/c1-15(31)26-23-27-20-11-10-17(14-21(20)28-23)19-12-13-25-24(29-19)30(2)32-22-9-5-7-16-6-3-4-8-18(16)22/h3-14H,1-2H3,(H2,26,27,28,31). The fourth-order valence-corrected chi connectivity index (χ4v) is 4.41. The molecule has 32 heavy (non-hydrogen) atoms. The van der Waals surface area contributed by atoms with E-state index in [0.29, 0.717) is 11.9 Å². The average molecular weight is 441 g/mol. The van der Waals surface area contributed by atoms with Gasteiger partial charge in [-0.2, -0.15) is 0 Å². The van der Waals surface area contributed by atoms with Crippen LogP contribution in [0.1, 0.15) is 6.92 Å². The number of amides is 1. The van der Waals surface area contributed by atoms with Crippen LogP contribution in [0.5, 0.6) is 0 Å². The number of anilines is 2. The van der Waals surface area contributed by atoms with E-state index >= 15 is 0 Å². The van der Waals surface area contributed by atoms with Crippen LogP contribution in [0, 0.1) is 0 Å². The van der Waals surface area contributed by atoms with Gasteiger partial charge in [0, 0.05) is 30.6 Å². The van der Waals surface area contributed by atoms with Gasteiger partial charge in [0.25, 0.3) is 0 Å². The Morgan fingerprint density at radius 1 is 1.03 bits per heavy atom. The van der Waals surface area contributed by atoms with E-state index in [1.165, 1.54) is 17.7 Å². The van der Waals surface area contributed by atoms with E-state index in [9.17, 15) is 4.79 Å². The second-order valence-electron chi connectivity index (χ2n) is 7.31. The van der Waals surface area contributed by atoms with Crippen LogP contribution in [0.4, 0.5) is 11.9 Å². The monoisotopic (exact) mass is 440 g/mol. The summed E-state index contributed by atoms with van der Waals surface area (Å²) in [5, 5.41) is 5.07. The Bertz CT molecular complexity index is 1440. The highest BCUT2D eigenvalue weighted by Crippen LogP contribution is 2.32.